The fraction of sp³-hybridized carbons (Fsp3) is 0.925. The van der Waals surface area contributed by atoms with Crippen molar-refractivity contribution >= 4 is 17.9 Å². The third-order valence-corrected chi connectivity index (χ3v) is 15.3. The van der Waals surface area contributed by atoms with Gasteiger partial charge < -0.3 is 14.2 Å². The van der Waals surface area contributed by atoms with Gasteiger partial charge in [-0.25, -0.2) is 0 Å². The van der Waals surface area contributed by atoms with E-state index in [1.165, 1.54) is 283 Å². The Morgan fingerprint density at radius 2 is 0.452 bits per heavy atom. The third-order valence-electron chi connectivity index (χ3n) is 15.3. The van der Waals surface area contributed by atoms with E-state index < -0.39 is 6.10 Å². The monoisotopic (exact) mass is 1030 g/mol. The van der Waals surface area contributed by atoms with Crippen molar-refractivity contribution in [2.45, 2.75) is 386 Å². The molecule has 0 N–H and O–H groups in total. The van der Waals surface area contributed by atoms with Gasteiger partial charge in [-0.2, -0.15) is 0 Å². The van der Waals surface area contributed by atoms with Crippen molar-refractivity contribution in [1.29, 1.82) is 0 Å². The van der Waals surface area contributed by atoms with Crippen molar-refractivity contribution in [2.75, 3.05) is 13.2 Å². The number of carbonyl (C=O) groups excluding carboxylic acids is 3. The minimum Gasteiger partial charge on any atom is -0.462 e. The highest BCUT2D eigenvalue weighted by Crippen LogP contribution is 2.18. The van der Waals surface area contributed by atoms with Crippen molar-refractivity contribution in [1.82, 2.24) is 0 Å². The molecule has 0 aromatic heterocycles. The molecule has 0 spiro atoms. The Hall–Kier alpha value is -1.85. The second-order valence-electron chi connectivity index (χ2n) is 22.7. The van der Waals surface area contributed by atoms with Crippen LogP contribution in [-0.4, -0.2) is 37.2 Å². The molecule has 1 unspecified atom stereocenters. The highest BCUT2D eigenvalue weighted by atomic mass is 16.6. The smallest absolute Gasteiger partial charge is 0.306 e. The second-order valence-corrected chi connectivity index (χ2v) is 22.7. The van der Waals surface area contributed by atoms with Gasteiger partial charge in [-0.1, -0.05) is 328 Å². The van der Waals surface area contributed by atoms with E-state index >= 15 is 0 Å². The Balaban J connectivity index is 4.16. The standard InChI is InChI=1S/C67H128O6/c1-4-7-10-13-16-19-22-24-26-28-30-32-33-34-36-37-39-41-43-45-48-51-54-57-60-66(69)72-63-64(62-71-65(68)59-56-53-50-47-21-18-15-12-9-6-3)73-67(70)61-58-55-52-49-46-44-42-40-38-35-31-29-27-25-23-20-17-14-11-8-5-2/h29,31,64H,4-28,30,32-63H2,1-3H3/b31-29-. The summed E-state index contributed by atoms with van der Waals surface area (Å²) in [6.07, 6.45) is 73.8. The van der Waals surface area contributed by atoms with E-state index in [4.69, 9.17) is 14.2 Å². The van der Waals surface area contributed by atoms with Crippen molar-refractivity contribution in [2.24, 2.45) is 0 Å². The van der Waals surface area contributed by atoms with Gasteiger partial charge >= 0.3 is 17.9 Å². The van der Waals surface area contributed by atoms with Gasteiger partial charge in [0.1, 0.15) is 13.2 Å². The van der Waals surface area contributed by atoms with Crippen molar-refractivity contribution in [3.05, 3.63) is 12.2 Å². The second kappa shape index (κ2) is 62.7. The minimum atomic E-state index is -0.766. The summed E-state index contributed by atoms with van der Waals surface area (Å²) in [5.74, 6) is -0.838. The molecule has 1 atom stereocenters. The van der Waals surface area contributed by atoms with Crippen LogP contribution in [0.25, 0.3) is 0 Å². The van der Waals surface area contributed by atoms with E-state index in [0.717, 1.165) is 57.8 Å². The highest BCUT2D eigenvalue weighted by molar-refractivity contribution is 5.71. The molecular formula is C67H128O6. The Morgan fingerprint density at radius 1 is 0.260 bits per heavy atom. The van der Waals surface area contributed by atoms with Gasteiger partial charge in [0.15, 0.2) is 6.10 Å². The van der Waals surface area contributed by atoms with E-state index in [0.29, 0.717) is 19.3 Å². The number of carbonyl (C=O) groups is 3. The zero-order chi connectivity index (χ0) is 52.9. The SMILES string of the molecule is CCCCCCCCCC/C=C\CCCCCCCCCCCC(=O)OC(COC(=O)CCCCCCCCCCCC)COC(=O)CCCCCCCCCCCCCCCCCCCCCCCCCC. The molecule has 0 bridgehead atoms. The molecule has 0 rings (SSSR count). The lowest BCUT2D eigenvalue weighted by atomic mass is 10.0. The van der Waals surface area contributed by atoms with Crippen LogP contribution in [0.3, 0.4) is 0 Å². The molecule has 0 saturated heterocycles. The highest BCUT2D eigenvalue weighted by Gasteiger charge is 2.19. The summed E-state index contributed by atoms with van der Waals surface area (Å²) >= 11 is 0. The molecule has 0 heterocycles. The lowest BCUT2D eigenvalue weighted by Crippen LogP contribution is -2.30. The average Bonchev–Trinajstić information content (AvgIpc) is 3.39. The first-order valence-electron chi connectivity index (χ1n) is 33.2. The molecule has 0 aliphatic heterocycles. The molecular weight excluding hydrogens is 901 g/mol. The maximum Gasteiger partial charge on any atom is 0.306 e. The first-order valence-corrected chi connectivity index (χ1v) is 33.2. The summed E-state index contributed by atoms with van der Waals surface area (Å²) in [5, 5.41) is 0. The van der Waals surface area contributed by atoms with Crippen molar-refractivity contribution < 1.29 is 28.6 Å². The normalized spacial score (nSPS) is 12.0. The lowest BCUT2D eigenvalue weighted by Gasteiger charge is -2.18. The molecule has 0 aliphatic carbocycles. The van der Waals surface area contributed by atoms with E-state index in [1.54, 1.807) is 0 Å². The van der Waals surface area contributed by atoms with Gasteiger partial charge in [0, 0.05) is 19.3 Å². The summed E-state index contributed by atoms with van der Waals surface area (Å²) in [5.41, 5.74) is 0. The fourth-order valence-corrected chi connectivity index (χ4v) is 10.3. The van der Waals surface area contributed by atoms with Crippen LogP contribution < -0.4 is 0 Å². The Morgan fingerprint density at radius 3 is 0.685 bits per heavy atom. The number of esters is 3. The van der Waals surface area contributed by atoms with E-state index in [9.17, 15) is 14.4 Å². The quantitative estimate of drug-likeness (QED) is 0.0261. The van der Waals surface area contributed by atoms with Crippen LogP contribution >= 0.6 is 0 Å². The number of rotatable bonds is 62. The Bertz CT molecular complexity index is 1130. The molecule has 73 heavy (non-hydrogen) atoms. The number of allylic oxidation sites excluding steroid dienone is 2. The maximum absolute atomic E-state index is 12.9. The van der Waals surface area contributed by atoms with Gasteiger partial charge in [0.2, 0.25) is 0 Å². The Kier molecular flexibility index (Phi) is 61.1. The average molecular weight is 1030 g/mol. The van der Waals surface area contributed by atoms with Crippen LogP contribution in [0, 0.1) is 0 Å². The van der Waals surface area contributed by atoms with E-state index in [-0.39, 0.29) is 31.1 Å². The lowest BCUT2D eigenvalue weighted by molar-refractivity contribution is -0.167. The van der Waals surface area contributed by atoms with Gasteiger partial charge in [0.05, 0.1) is 0 Å². The van der Waals surface area contributed by atoms with Crippen LogP contribution in [0.1, 0.15) is 380 Å². The molecule has 0 radical (unpaired) electrons. The predicted octanol–water partition coefficient (Wildman–Crippen LogP) is 22.4. The number of ether oxygens (including phenoxy) is 3. The Labute approximate surface area is 456 Å². The van der Waals surface area contributed by atoms with Crippen LogP contribution in [0.4, 0.5) is 0 Å². The number of unbranched alkanes of at least 4 members (excludes halogenated alkanes) is 49. The van der Waals surface area contributed by atoms with Crippen molar-refractivity contribution in [3.63, 3.8) is 0 Å². The molecule has 6 nitrogen and oxygen atoms in total. The molecule has 0 aromatic rings. The molecule has 0 fully saturated rings. The summed E-state index contributed by atoms with van der Waals surface area (Å²) in [4.78, 5) is 38.2. The summed E-state index contributed by atoms with van der Waals surface area (Å²) in [6.45, 7) is 6.70. The third kappa shape index (κ3) is 60.9. The largest absolute Gasteiger partial charge is 0.462 e. The zero-order valence-electron chi connectivity index (χ0n) is 49.7. The predicted molar refractivity (Wildman–Crippen MR) is 317 cm³/mol. The van der Waals surface area contributed by atoms with E-state index in [2.05, 4.69) is 32.9 Å². The summed E-state index contributed by atoms with van der Waals surface area (Å²) < 4.78 is 16.9. The van der Waals surface area contributed by atoms with Crippen LogP contribution in [0.5, 0.6) is 0 Å². The zero-order valence-corrected chi connectivity index (χ0v) is 49.7. The van der Waals surface area contributed by atoms with E-state index in [1.807, 2.05) is 0 Å². The van der Waals surface area contributed by atoms with Gasteiger partial charge in [-0.3, -0.25) is 14.4 Å². The minimum absolute atomic E-state index is 0.0644. The number of hydrogen-bond acceptors (Lipinski definition) is 6. The van der Waals surface area contributed by atoms with Gasteiger partial charge in [-0.05, 0) is 44.9 Å². The molecule has 6 heteroatoms. The topological polar surface area (TPSA) is 78.9 Å². The molecule has 0 amide bonds. The first kappa shape index (κ1) is 71.2. The van der Waals surface area contributed by atoms with Gasteiger partial charge in [-0.15, -0.1) is 0 Å². The summed E-state index contributed by atoms with van der Waals surface area (Å²) in [7, 11) is 0. The summed E-state index contributed by atoms with van der Waals surface area (Å²) in [6, 6.07) is 0. The molecule has 0 aromatic carbocycles. The maximum atomic E-state index is 12.9. The fourth-order valence-electron chi connectivity index (χ4n) is 10.3. The number of hydrogen-bond donors (Lipinski definition) is 0. The van der Waals surface area contributed by atoms with Crippen molar-refractivity contribution in [3.8, 4) is 0 Å². The van der Waals surface area contributed by atoms with Gasteiger partial charge in [0.25, 0.3) is 0 Å². The van der Waals surface area contributed by atoms with Crippen LogP contribution in [0.15, 0.2) is 12.2 Å². The molecule has 0 aliphatic rings. The molecule has 432 valence electrons. The molecule has 0 saturated carbocycles. The first-order chi connectivity index (χ1) is 36.0. The van der Waals surface area contributed by atoms with Crippen LogP contribution in [0.2, 0.25) is 0 Å². The van der Waals surface area contributed by atoms with Crippen LogP contribution in [-0.2, 0) is 28.6 Å².